The normalized spacial score (nSPS) is 11.9. The fraction of sp³-hybridized carbons (Fsp3) is 0.160. The number of ether oxygens (including phenoxy) is 1. The van der Waals surface area contributed by atoms with Crippen molar-refractivity contribution < 1.29 is 14.6 Å². The van der Waals surface area contributed by atoms with Crippen molar-refractivity contribution in [2.24, 2.45) is 0 Å². The number of hydrogen-bond acceptors (Lipinski definition) is 5. The van der Waals surface area contributed by atoms with Gasteiger partial charge in [-0.05, 0) is 53.0 Å². The predicted molar refractivity (Wildman–Crippen MR) is 119 cm³/mol. The molecule has 0 fully saturated rings. The number of rotatable bonds is 8. The topological polar surface area (TPSA) is 83.2 Å². The van der Waals surface area contributed by atoms with Crippen molar-refractivity contribution >= 4 is 23.7 Å². The van der Waals surface area contributed by atoms with Gasteiger partial charge < -0.3 is 9.84 Å². The van der Waals surface area contributed by atoms with E-state index >= 15 is 0 Å². The lowest BCUT2D eigenvalue weighted by molar-refractivity contribution is -0.142. The number of nitriles is 1. The molecular weight excluding hydrogens is 376 g/mol. The van der Waals surface area contributed by atoms with Crippen LogP contribution < -0.4 is 0 Å². The molecule has 0 radical (unpaired) electrons. The molecule has 2 rings (SSSR count). The first-order valence-electron chi connectivity index (χ1n) is 9.39. The van der Waals surface area contributed by atoms with E-state index in [1.54, 1.807) is 36.6 Å². The number of nitrogens with zero attached hydrogens (tertiary/aromatic N) is 2. The minimum absolute atomic E-state index is 0.0639. The van der Waals surface area contributed by atoms with Gasteiger partial charge in [0.05, 0.1) is 23.9 Å². The van der Waals surface area contributed by atoms with E-state index in [4.69, 9.17) is 4.74 Å². The summed E-state index contributed by atoms with van der Waals surface area (Å²) in [5.74, 6) is -0.375. The average molecular weight is 400 g/mol. The van der Waals surface area contributed by atoms with Crippen LogP contribution in [0.25, 0.3) is 17.7 Å². The highest BCUT2D eigenvalue weighted by Crippen LogP contribution is 2.20. The molecule has 0 atom stereocenters. The van der Waals surface area contributed by atoms with Crippen LogP contribution in [0.15, 0.2) is 66.9 Å². The van der Waals surface area contributed by atoms with Crippen LogP contribution in [0.3, 0.4) is 0 Å². The Morgan fingerprint density at radius 2 is 2.07 bits per heavy atom. The van der Waals surface area contributed by atoms with Crippen molar-refractivity contribution in [3.8, 4) is 6.07 Å². The molecule has 1 heterocycles. The highest BCUT2D eigenvalue weighted by Gasteiger charge is 2.07. The number of benzene rings is 1. The number of carbonyl (C=O) groups excluding carboxylic acids is 1. The van der Waals surface area contributed by atoms with E-state index in [1.165, 1.54) is 6.92 Å². The first-order valence-corrected chi connectivity index (χ1v) is 9.39. The molecule has 1 aromatic carbocycles. The fourth-order valence-electron chi connectivity index (χ4n) is 2.78. The summed E-state index contributed by atoms with van der Waals surface area (Å²) in [7, 11) is 0. The molecule has 1 N–H and O–H groups in total. The lowest BCUT2D eigenvalue weighted by Gasteiger charge is -2.08. The third-order valence-corrected chi connectivity index (χ3v) is 4.33. The second kappa shape index (κ2) is 11.3. The van der Waals surface area contributed by atoms with E-state index in [-0.39, 0.29) is 19.2 Å². The predicted octanol–water partition coefficient (Wildman–Crippen LogP) is 4.69. The summed E-state index contributed by atoms with van der Waals surface area (Å²) < 4.78 is 5.09. The Kier molecular flexibility index (Phi) is 8.49. The van der Waals surface area contributed by atoms with Crippen molar-refractivity contribution in [3.05, 3.63) is 94.9 Å². The Morgan fingerprint density at radius 3 is 2.67 bits per heavy atom. The molecule has 30 heavy (non-hydrogen) atoms. The highest BCUT2D eigenvalue weighted by molar-refractivity contribution is 5.74. The molecule has 5 nitrogen and oxygen atoms in total. The van der Waals surface area contributed by atoms with E-state index in [1.807, 2.05) is 37.3 Å². The van der Waals surface area contributed by atoms with E-state index in [0.29, 0.717) is 11.1 Å². The largest absolute Gasteiger partial charge is 0.461 e. The van der Waals surface area contributed by atoms with Crippen LogP contribution in [0.2, 0.25) is 0 Å². The van der Waals surface area contributed by atoms with Gasteiger partial charge in [0.2, 0.25) is 0 Å². The van der Waals surface area contributed by atoms with Crippen LogP contribution in [0.4, 0.5) is 0 Å². The Bertz CT molecular complexity index is 1040. The molecule has 2 aromatic rings. The molecule has 0 amide bonds. The van der Waals surface area contributed by atoms with Gasteiger partial charge in [0.1, 0.15) is 6.61 Å². The molecule has 0 aliphatic rings. The molecule has 0 spiro atoms. The van der Waals surface area contributed by atoms with Gasteiger partial charge >= 0.3 is 5.97 Å². The summed E-state index contributed by atoms with van der Waals surface area (Å²) in [6.45, 7) is 6.98. The molecular formula is C25H24N2O3. The maximum atomic E-state index is 11.1. The maximum Gasteiger partial charge on any atom is 0.302 e. The summed E-state index contributed by atoms with van der Waals surface area (Å²) in [6, 6.07) is 11.3. The lowest BCUT2D eigenvalue weighted by Crippen LogP contribution is -2.01. The van der Waals surface area contributed by atoms with Crippen LogP contribution in [0, 0.1) is 11.3 Å². The minimum atomic E-state index is -0.375. The SMILES string of the molecule is C=C/C=C(\C=C(/C)c1ccc(/C=C\c2c(C#N)cccc2COC(C)=O)nc1)CO. The number of allylic oxidation sites excluding steroid dienone is 3. The first-order chi connectivity index (χ1) is 14.5. The third kappa shape index (κ3) is 6.40. The zero-order chi connectivity index (χ0) is 21.9. The summed E-state index contributed by atoms with van der Waals surface area (Å²) >= 11 is 0. The molecule has 0 saturated carbocycles. The van der Waals surface area contributed by atoms with E-state index in [9.17, 15) is 15.2 Å². The van der Waals surface area contributed by atoms with Gasteiger partial charge in [-0.15, -0.1) is 0 Å². The number of aliphatic hydroxyl groups is 1. The van der Waals surface area contributed by atoms with E-state index in [0.717, 1.165) is 28.0 Å². The van der Waals surface area contributed by atoms with E-state index < -0.39 is 0 Å². The van der Waals surface area contributed by atoms with Gasteiger partial charge in [0, 0.05) is 13.1 Å². The van der Waals surface area contributed by atoms with Crippen molar-refractivity contribution in [1.29, 1.82) is 5.26 Å². The lowest BCUT2D eigenvalue weighted by atomic mass is 10.0. The Balaban J connectivity index is 2.26. The Morgan fingerprint density at radius 1 is 1.27 bits per heavy atom. The van der Waals surface area contributed by atoms with Gasteiger partial charge in [-0.2, -0.15) is 5.26 Å². The maximum absolute atomic E-state index is 11.1. The fourth-order valence-corrected chi connectivity index (χ4v) is 2.78. The van der Waals surface area contributed by atoms with Crippen LogP contribution in [0.1, 0.15) is 41.8 Å². The van der Waals surface area contributed by atoms with Crippen molar-refractivity contribution in [1.82, 2.24) is 4.98 Å². The quantitative estimate of drug-likeness (QED) is 0.513. The zero-order valence-electron chi connectivity index (χ0n) is 17.1. The number of carbonyl (C=O) groups is 1. The second-order valence-electron chi connectivity index (χ2n) is 6.54. The third-order valence-electron chi connectivity index (χ3n) is 4.33. The molecule has 1 aromatic heterocycles. The molecule has 0 aliphatic heterocycles. The molecule has 0 unspecified atom stereocenters. The standard InChI is InChI=1S/C25H24N2O3/c1-4-6-20(16-28)13-18(2)22-9-10-24(27-15-22)11-12-25-21(14-26)7-5-8-23(25)17-30-19(3)29/h4-13,15,28H,1,16-17H2,2-3H3/b12-11-,18-13+,20-6+. The van der Waals surface area contributed by atoms with Crippen LogP contribution in [-0.4, -0.2) is 22.7 Å². The first kappa shape index (κ1) is 22.5. The van der Waals surface area contributed by atoms with Gasteiger partial charge in [-0.3, -0.25) is 9.78 Å². The number of esters is 1. The number of hydrogen-bond donors (Lipinski definition) is 1. The minimum Gasteiger partial charge on any atom is -0.461 e. The van der Waals surface area contributed by atoms with Crippen molar-refractivity contribution in [2.45, 2.75) is 20.5 Å². The van der Waals surface area contributed by atoms with Gasteiger partial charge in [-0.1, -0.05) is 49.1 Å². The molecule has 0 bridgehead atoms. The van der Waals surface area contributed by atoms with Gasteiger partial charge in [0.15, 0.2) is 0 Å². The summed E-state index contributed by atoms with van der Waals surface area (Å²) in [6.07, 6.45) is 10.7. The molecule has 152 valence electrons. The number of aliphatic hydroxyl groups excluding tert-OH is 1. The average Bonchev–Trinajstić information content (AvgIpc) is 2.76. The van der Waals surface area contributed by atoms with Gasteiger partial charge in [0.25, 0.3) is 0 Å². The van der Waals surface area contributed by atoms with Crippen LogP contribution >= 0.6 is 0 Å². The van der Waals surface area contributed by atoms with Gasteiger partial charge in [-0.25, -0.2) is 0 Å². The number of pyridine rings is 1. The van der Waals surface area contributed by atoms with Crippen LogP contribution in [0.5, 0.6) is 0 Å². The second-order valence-corrected chi connectivity index (χ2v) is 6.54. The highest BCUT2D eigenvalue weighted by atomic mass is 16.5. The summed E-state index contributed by atoms with van der Waals surface area (Å²) in [5.41, 5.74) is 5.34. The van der Waals surface area contributed by atoms with Crippen molar-refractivity contribution in [3.63, 3.8) is 0 Å². The summed E-state index contributed by atoms with van der Waals surface area (Å²) in [5, 5.41) is 18.8. The zero-order valence-corrected chi connectivity index (χ0v) is 17.1. The Labute approximate surface area is 177 Å². The molecule has 5 heteroatoms. The monoisotopic (exact) mass is 400 g/mol. The smallest absolute Gasteiger partial charge is 0.302 e. The summed E-state index contributed by atoms with van der Waals surface area (Å²) in [4.78, 5) is 15.6. The molecule has 0 saturated heterocycles. The van der Waals surface area contributed by atoms with E-state index in [2.05, 4.69) is 17.6 Å². The van der Waals surface area contributed by atoms with Crippen molar-refractivity contribution in [2.75, 3.05) is 6.61 Å². The number of aromatic nitrogens is 1. The Hall–Kier alpha value is -3.75. The molecule has 0 aliphatic carbocycles. The van der Waals surface area contributed by atoms with Crippen LogP contribution in [-0.2, 0) is 16.1 Å².